The van der Waals surface area contributed by atoms with Gasteiger partial charge in [-0.3, -0.25) is 9.69 Å². The minimum Gasteiger partial charge on any atom is -0.381 e. The van der Waals surface area contributed by atoms with E-state index in [-0.39, 0.29) is 11.9 Å². The molecule has 2 saturated heterocycles. The lowest BCUT2D eigenvalue weighted by atomic mass is 9.94. The Labute approximate surface area is 158 Å². The van der Waals surface area contributed by atoms with Gasteiger partial charge in [-0.1, -0.05) is 18.2 Å². The second-order valence-electron chi connectivity index (χ2n) is 7.20. The van der Waals surface area contributed by atoms with Crippen molar-refractivity contribution in [1.29, 1.82) is 0 Å². The van der Waals surface area contributed by atoms with E-state index in [4.69, 9.17) is 4.74 Å². The van der Waals surface area contributed by atoms with Crippen molar-refractivity contribution in [2.45, 2.75) is 38.3 Å². The van der Waals surface area contributed by atoms with Gasteiger partial charge in [0.05, 0.1) is 6.04 Å². The Morgan fingerprint density at radius 3 is 2.85 bits per heavy atom. The molecule has 3 amide bonds. The van der Waals surface area contributed by atoms with Crippen LogP contribution in [0, 0.1) is 5.92 Å². The largest absolute Gasteiger partial charge is 0.381 e. The van der Waals surface area contributed by atoms with Gasteiger partial charge in [-0.05, 0) is 44.2 Å². The third-order valence-corrected chi connectivity index (χ3v) is 5.34. The van der Waals surface area contributed by atoms with Crippen molar-refractivity contribution in [2.24, 2.45) is 5.92 Å². The highest BCUT2D eigenvalue weighted by Gasteiger charge is 2.43. The van der Waals surface area contributed by atoms with Gasteiger partial charge in [0, 0.05) is 31.3 Å². The van der Waals surface area contributed by atoms with Crippen molar-refractivity contribution in [2.75, 3.05) is 13.2 Å². The van der Waals surface area contributed by atoms with Gasteiger partial charge in [0.15, 0.2) is 0 Å². The predicted octanol–water partition coefficient (Wildman–Crippen LogP) is 2.67. The van der Waals surface area contributed by atoms with Crippen LogP contribution in [0.4, 0.5) is 4.79 Å². The summed E-state index contributed by atoms with van der Waals surface area (Å²) >= 11 is 0. The molecular formula is C20H24N4O3. The lowest BCUT2D eigenvalue weighted by molar-refractivity contribution is -0.129. The molecule has 0 spiro atoms. The molecule has 1 aromatic heterocycles. The zero-order chi connectivity index (χ0) is 18.8. The number of amides is 3. The molecule has 3 unspecified atom stereocenters. The van der Waals surface area contributed by atoms with Crippen LogP contribution in [0.25, 0.3) is 5.69 Å². The quantitative estimate of drug-likeness (QED) is 0.823. The summed E-state index contributed by atoms with van der Waals surface area (Å²) in [4.78, 5) is 31.2. The van der Waals surface area contributed by atoms with Gasteiger partial charge in [-0.2, -0.15) is 0 Å². The van der Waals surface area contributed by atoms with Gasteiger partial charge in [-0.15, -0.1) is 0 Å². The Bertz CT molecular complexity index is 814. The third-order valence-electron chi connectivity index (χ3n) is 5.34. The summed E-state index contributed by atoms with van der Waals surface area (Å²) in [7, 11) is 0. The van der Waals surface area contributed by atoms with Crippen molar-refractivity contribution >= 4 is 11.9 Å². The average Bonchev–Trinajstić information content (AvgIpc) is 3.28. The van der Waals surface area contributed by atoms with E-state index in [1.54, 1.807) is 6.20 Å². The van der Waals surface area contributed by atoms with Gasteiger partial charge >= 0.3 is 6.03 Å². The molecule has 3 atom stereocenters. The van der Waals surface area contributed by atoms with Crippen LogP contribution < -0.4 is 5.32 Å². The number of carbonyl (C=O) groups excluding carboxylic acids is 2. The van der Waals surface area contributed by atoms with Crippen LogP contribution in [0.1, 0.15) is 38.1 Å². The Morgan fingerprint density at radius 2 is 2.11 bits per heavy atom. The number of ether oxygens (including phenoxy) is 1. The Hall–Kier alpha value is -2.67. The Kier molecular flexibility index (Phi) is 4.94. The summed E-state index contributed by atoms with van der Waals surface area (Å²) in [5.41, 5.74) is 0.944. The molecule has 1 N–H and O–H groups in total. The maximum atomic E-state index is 12.9. The zero-order valence-corrected chi connectivity index (χ0v) is 15.4. The first-order chi connectivity index (χ1) is 13.1. The fourth-order valence-electron chi connectivity index (χ4n) is 3.95. The first-order valence-electron chi connectivity index (χ1n) is 9.45. The lowest BCUT2D eigenvalue weighted by Crippen LogP contribution is -2.36. The third kappa shape index (κ3) is 3.47. The number of nitrogens with zero attached hydrogens (tertiary/aromatic N) is 3. The molecule has 7 heteroatoms. The minimum atomic E-state index is -0.480. The van der Waals surface area contributed by atoms with Gasteiger partial charge in [0.25, 0.3) is 5.91 Å². The SMILES string of the molecule is CC(c1nccn1-c1ccccc1)N1C(=O)NC(CC2CCCOC2)C1=O. The standard InChI is InChI=1S/C20H24N4O3/c1-14(18-21-9-10-23(18)16-7-3-2-4-8-16)24-19(25)17(22-20(24)26)12-15-6-5-11-27-13-15/h2-4,7-10,14-15,17H,5-6,11-13H2,1H3,(H,22,26). The first-order valence-corrected chi connectivity index (χ1v) is 9.45. The molecule has 2 aliphatic rings. The van der Waals surface area contributed by atoms with Crippen molar-refractivity contribution < 1.29 is 14.3 Å². The summed E-state index contributed by atoms with van der Waals surface area (Å²) in [6, 6.07) is 8.48. The summed E-state index contributed by atoms with van der Waals surface area (Å²) in [6.07, 6.45) is 6.20. The van der Waals surface area contributed by atoms with Crippen LogP contribution in [-0.4, -0.2) is 45.6 Å². The Morgan fingerprint density at radius 1 is 1.30 bits per heavy atom. The number of nitrogens with one attached hydrogen (secondary N) is 1. The molecule has 142 valence electrons. The van der Waals surface area contributed by atoms with Gasteiger partial charge in [-0.25, -0.2) is 9.78 Å². The van der Waals surface area contributed by atoms with E-state index in [1.807, 2.05) is 48.0 Å². The fraction of sp³-hybridized carbons (Fsp3) is 0.450. The zero-order valence-electron chi connectivity index (χ0n) is 15.4. The second-order valence-corrected chi connectivity index (χ2v) is 7.20. The van der Waals surface area contributed by atoms with Gasteiger partial charge < -0.3 is 14.6 Å². The van der Waals surface area contributed by atoms with E-state index in [0.29, 0.717) is 24.8 Å². The molecule has 1 aromatic carbocycles. The molecule has 0 bridgehead atoms. The van der Waals surface area contributed by atoms with Crippen molar-refractivity contribution in [3.05, 3.63) is 48.5 Å². The van der Waals surface area contributed by atoms with Crippen LogP contribution in [0.15, 0.2) is 42.7 Å². The van der Waals surface area contributed by atoms with Crippen molar-refractivity contribution in [3.8, 4) is 5.69 Å². The molecule has 2 aromatic rings. The van der Waals surface area contributed by atoms with E-state index in [0.717, 1.165) is 25.1 Å². The van der Waals surface area contributed by atoms with E-state index < -0.39 is 12.1 Å². The maximum Gasteiger partial charge on any atom is 0.325 e. The average molecular weight is 368 g/mol. The number of imidazole rings is 1. The normalized spacial score (nSPS) is 24.1. The number of rotatable bonds is 5. The predicted molar refractivity (Wildman–Crippen MR) is 99.3 cm³/mol. The van der Waals surface area contributed by atoms with Crippen LogP contribution in [0.2, 0.25) is 0 Å². The highest BCUT2D eigenvalue weighted by Crippen LogP contribution is 2.28. The molecule has 0 saturated carbocycles. The topological polar surface area (TPSA) is 76.5 Å². The number of carbonyl (C=O) groups is 2. The number of para-hydroxylation sites is 1. The number of hydrogen-bond acceptors (Lipinski definition) is 4. The number of benzene rings is 1. The molecule has 2 fully saturated rings. The molecule has 3 heterocycles. The van der Waals surface area contributed by atoms with E-state index in [2.05, 4.69) is 10.3 Å². The van der Waals surface area contributed by atoms with Crippen LogP contribution in [0.5, 0.6) is 0 Å². The summed E-state index contributed by atoms with van der Waals surface area (Å²) in [5, 5.41) is 2.85. The number of urea groups is 1. The lowest BCUT2D eigenvalue weighted by Gasteiger charge is -2.24. The first kappa shape index (κ1) is 17.7. The summed E-state index contributed by atoms with van der Waals surface area (Å²) in [6.45, 7) is 3.28. The van der Waals surface area contributed by atoms with Crippen LogP contribution >= 0.6 is 0 Å². The highest BCUT2D eigenvalue weighted by atomic mass is 16.5. The summed E-state index contributed by atoms with van der Waals surface area (Å²) in [5.74, 6) is 0.793. The van der Waals surface area contributed by atoms with E-state index in [1.165, 1.54) is 4.90 Å². The molecule has 0 radical (unpaired) electrons. The number of hydrogen-bond donors (Lipinski definition) is 1. The molecule has 27 heavy (non-hydrogen) atoms. The minimum absolute atomic E-state index is 0.180. The number of aromatic nitrogens is 2. The van der Waals surface area contributed by atoms with E-state index in [9.17, 15) is 9.59 Å². The van der Waals surface area contributed by atoms with Crippen molar-refractivity contribution in [3.63, 3.8) is 0 Å². The number of imide groups is 1. The summed E-state index contributed by atoms with van der Waals surface area (Å²) < 4.78 is 7.41. The molecule has 7 nitrogen and oxygen atoms in total. The van der Waals surface area contributed by atoms with Crippen LogP contribution in [-0.2, 0) is 9.53 Å². The Balaban J connectivity index is 1.52. The fourth-order valence-corrected chi connectivity index (χ4v) is 3.95. The van der Waals surface area contributed by atoms with E-state index >= 15 is 0 Å². The van der Waals surface area contributed by atoms with Crippen molar-refractivity contribution in [1.82, 2.24) is 19.8 Å². The molecule has 4 rings (SSSR count). The molecule has 2 aliphatic heterocycles. The van der Waals surface area contributed by atoms with Crippen LogP contribution in [0.3, 0.4) is 0 Å². The highest BCUT2D eigenvalue weighted by molar-refractivity contribution is 6.04. The molecular weight excluding hydrogens is 344 g/mol. The smallest absolute Gasteiger partial charge is 0.325 e. The van der Waals surface area contributed by atoms with Gasteiger partial charge in [0.2, 0.25) is 0 Å². The molecule has 0 aliphatic carbocycles. The maximum absolute atomic E-state index is 12.9. The van der Waals surface area contributed by atoms with Gasteiger partial charge in [0.1, 0.15) is 11.9 Å². The second kappa shape index (κ2) is 7.52. The monoisotopic (exact) mass is 368 g/mol.